The SMILES string of the molecule is CC(c1cccc(Nc2n[nH]c3cc4c(cc23)CN(C(C)c2ccccc2)C(=O)N4)c1)N1Cc2cc3cn[nH]c3cc2NC1=O. The first-order chi connectivity index (χ1) is 21.9. The highest BCUT2D eigenvalue weighted by atomic mass is 16.2. The van der Waals surface area contributed by atoms with Gasteiger partial charge in [-0.1, -0.05) is 42.5 Å². The van der Waals surface area contributed by atoms with Gasteiger partial charge >= 0.3 is 12.1 Å². The van der Waals surface area contributed by atoms with Crippen LogP contribution in [-0.2, 0) is 13.1 Å². The van der Waals surface area contributed by atoms with E-state index in [0.29, 0.717) is 18.9 Å². The van der Waals surface area contributed by atoms with Crippen molar-refractivity contribution in [3.05, 3.63) is 107 Å². The number of urea groups is 2. The van der Waals surface area contributed by atoms with Gasteiger partial charge in [-0.3, -0.25) is 10.2 Å². The third-order valence-electron chi connectivity index (χ3n) is 8.99. The quantitative estimate of drug-likeness (QED) is 0.136. The van der Waals surface area contributed by atoms with E-state index >= 15 is 0 Å². The highest BCUT2D eigenvalue weighted by Gasteiger charge is 2.30. The van der Waals surface area contributed by atoms with Crippen molar-refractivity contribution in [2.45, 2.75) is 39.0 Å². The maximum absolute atomic E-state index is 13.1. The average Bonchev–Trinajstić information content (AvgIpc) is 3.68. The zero-order valence-corrected chi connectivity index (χ0v) is 24.8. The number of rotatable bonds is 6. The predicted octanol–water partition coefficient (Wildman–Crippen LogP) is 7.40. The molecule has 11 nitrogen and oxygen atoms in total. The summed E-state index contributed by atoms with van der Waals surface area (Å²) >= 11 is 0. The van der Waals surface area contributed by atoms with Crippen molar-refractivity contribution in [3.63, 3.8) is 0 Å². The smallest absolute Gasteiger partial charge is 0.322 e. The van der Waals surface area contributed by atoms with E-state index in [1.165, 1.54) is 0 Å². The number of hydrogen-bond donors (Lipinski definition) is 5. The number of carbonyl (C=O) groups is 2. The van der Waals surface area contributed by atoms with Crippen LogP contribution < -0.4 is 16.0 Å². The van der Waals surface area contributed by atoms with Crippen molar-refractivity contribution in [2.24, 2.45) is 0 Å². The summed E-state index contributed by atoms with van der Waals surface area (Å²) in [4.78, 5) is 29.8. The molecule has 45 heavy (non-hydrogen) atoms. The van der Waals surface area contributed by atoms with E-state index < -0.39 is 0 Å². The zero-order chi connectivity index (χ0) is 30.7. The average molecular weight is 598 g/mol. The van der Waals surface area contributed by atoms with Crippen LogP contribution in [-0.4, -0.2) is 42.3 Å². The molecule has 0 aliphatic carbocycles. The van der Waals surface area contributed by atoms with Gasteiger partial charge < -0.3 is 25.8 Å². The molecule has 224 valence electrons. The molecule has 0 spiro atoms. The fraction of sp³-hybridized carbons (Fsp3) is 0.176. The molecular formula is C34H31N9O2. The highest BCUT2D eigenvalue weighted by molar-refractivity contribution is 6.00. The van der Waals surface area contributed by atoms with Gasteiger partial charge in [0, 0.05) is 27.8 Å². The fourth-order valence-electron chi connectivity index (χ4n) is 6.35. The van der Waals surface area contributed by atoms with Gasteiger partial charge in [0.25, 0.3) is 0 Å². The van der Waals surface area contributed by atoms with Gasteiger partial charge in [-0.2, -0.15) is 10.2 Å². The van der Waals surface area contributed by atoms with Crippen molar-refractivity contribution in [1.29, 1.82) is 0 Å². The molecule has 2 atom stereocenters. The molecule has 6 aromatic rings. The van der Waals surface area contributed by atoms with Crippen LogP contribution in [0.1, 0.15) is 48.2 Å². The molecule has 0 saturated heterocycles. The van der Waals surface area contributed by atoms with Gasteiger partial charge in [0.2, 0.25) is 0 Å². The van der Waals surface area contributed by atoms with E-state index in [9.17, 15) is 9.59 Å². The largest absolute Gasteiger partial charge is 0.338 e. The van der Waals surface area contributed by atoms with E-state index in [-0.39, 0.29) is 24.1 Å². The summed E-state index contributed by atoms with van der Waals surface area (Å²) in [6, 6.07) is 25.6. The number of amides is 4. The Morgan fingerprint density at radius 3 is 2.16 bits per heavy atom. The minimum absolute atomic E-state index is 0.0798. The molecule has 4 amide bonds. The normalized spacial score (nSPS) is 15.8. The van der Waals surface area contributed by atoms with Gasteiger partial charge in [-0.15, -0.1) is 0 Å². The van der Waals surface area contributed by atoms with Crippen LogP contribution in [0.25, 0.3) is 21.8 Å². The number of anilines is 4. The lowest BCUT2D eigenvalue weighted by molar-refractivity contribution is 0.186. The topological polar surface area (TPSA) is 134 Å². The van der Waals surface area contributed by atoms with E-state index in [2.05, 4.69) is 54.5 Å². The van der Waals surface area contributed by atoms with Crippen LogP contribution in [0.5, 0.6) is 0 Å². The summed E-state index contributed by atoms with van der Waals surface area (Å²) in [5.74, 6) is 0.686. The minimum atomic E-state index is -0.177. The van der Waals surface area contributed by atoms with Gasteiger partial charge in [0.05, 0.1) is 42.4 Å². The molecule has 0 fully saturated rings. The van der Waals surface area contributed by atoms with Gasteiger partial charge in [-0.05, 0) is 72.5 Å². The number of fused-ring (bicyclic) bond motifs is 4. The van der Waals surface area contributed by atoms with Crippen molar-refractivity contribution in [1.82, 2.24) is 30.2 Å². The lowest BCUT2D eigenvalue weighted by Crippen LogP contribution is -2.40. The molecular weight excluding hydrogens is 566 g/mol. The van der Waals surface area contributed by atoms with Crippen molar-refractivity contribution >= 4 is 56.7 Å². The molecule has 0 bridgehead atoms. The summed E-state index contributed by atoms with van der Waals surface area (Å²) < 4.78 is 0. The number of nitrogens with zero attached hydrogens (tertiary/aromatic N) is 4. The number of aromatic nitrogens is 4. The van der Waals surface area contributed by atoms with E-state index in [4.69, 9.17) is 0 Å². The van der Waals surface area contributed by atoms with Crippen LogP contribution in [0.2, 0.25) is 0 Å². The van der Waals surface area contributed by atoms with E-state index in [0.717, 1.165) is 61.1 Å². The van der Waals surface area contributed by atoms with Crippen LogP contribution in [0, 0.1) is 0 Å². The van der Waals surface area contributed by atoms with E-state index in [1.54, 1.807) is 6.20 Å². The Morgan fingerprint density at radius 2 is 1.40 bits per heavy atom. The minimum Gasteiger partial charge on any atom is -0.338 e. The van der Waals surface area contributed by atoms with Crippen molar-refractivity contribution in [2.75, 3.05) is 16.0 Å². The van der Waals surface area contributed by atoms with Crippen LogP contribution in [0.15, 0.2) is 85.1 Å². The molecule has 5 N–H and O–H groups in total. The standard InChI is InChI=1S/C34H31N9O2/c1-19(21-7-4-3-5-8-21)42-18-25-13-27-31(15-29(25)38-33(42)44)40-41-32(27)36-26-10-6-9-22(12-26)20(2)43-17-24-11-23-16-35-39-30(23)14-28(24)37-34(43)45/h3-16,19-20H,17-18H2,1-2H3,(H,35,39)(H,37,45)(H,38,44)(H2,36,40,41). The Kier molecular flexibility index (Phi) is 6.19. The Bertz CT molecular complexity index is 2100. The lowest BCUT2D eigenvalue weighted by Gasteiger charge is -2.34. The Balaban J connectivity index is 1.04. The van der Waals surface area contributed by atoms with Crippen molar-refractivity contribution < 1.29 is 9.59 Å². The monoisotopic (exact) mass is 597 g/mol. The maximum atomic E-state index is 13.1. The van der Waals surface area contributed by atoms with Gasteiger partial charge in [0.15, 0.2) is 5.82 Å². The molecule has 2 aliphatic heterocycles. The van der Waals surface area contributed by atoms with Gasteiger partial charge in [-0.25, -0.2) is 9.59 Å². The summed E-state index contributed by atoms with van der Waals surface area (Å²) in [7, 11) is 0. The number of H-pyrrole nitrogens is 2. The third kappa shape index (κ3) is 4.69. The van der Waals surface area contributed by atoms with Crippen molar-refractivity contribution in [3.8, 4) is 0 Å². The summed E-state index contributed by atoms with van der Waals surface area (Å²) in [6.45, 7) is 5.05. The zero-order valence-electron chi connectivity index (χ0n) is 24.8. The summed E-state index contributed by atoms with van der Waals surface area (Å²) in [6.07, 6.45) is 1.79. The van der Waals surface area contributed by atoms with Crippen LogP contribution in [0.3, 0.4) is 0 Å². The molecule has 4 heterocycles. The molecule has 11 heteroatoms. The van der Waals surface area contributed by atoms with Gasteiger partial charge in [0.1, 0.15) is 0 Å². The predicted molar refractivity (Wildman–Crippen MR) is 174 cm³/mol. The number of carbonyl (C=O) groups excluding carboxylic acids is 2. The third-order valence-corrected chi connectivity index (χ3v) is 8.99. The maximum Gasteiger partial charge on any atom is 0.322 e. The molecule has 2 aromatic heterocycles. The lowest BCUT2D eigenvalue weighted by atomic mass is 10.0. The Morgan fingerprint density at radius 1 is 0.733 bits per heavy atom. The number of hydrogen-bond acceptors (Lipinski definition) is 5. The van der Waals surface area contributed by atoms with E-state index in [1.807, 2.05) is 84.3 Å². The van der Waals surface area contributed by atoms with Crippen LogP contribution in [0.4, 0.5) is 32.5 Å². The Labute approximate surface area is 258 Å². The fourth-order valence-corrected chi connectivity index (χ4v) is 6.35. The second-order valence-corrected chi connectivity index (χ2v) is 11.7. The Hall–Kier alpha value is -5.84. The molecule has 0 radical (unpaired) electrons. The first-order valence-electron chi connectivity index (χ1n) is 15.0. The molecule has 8 rings (SSSR count). The molecule has 2 unspecified atom stereocenters. The molecule has 0 saturated carbocycles. The number of nitrogens with one attached hydrogen (secondary N) is 5. The highest BCUT2D eigenvalue weighted by Crippen LogP contribution is 2.36. The summed E-state index contributed by atoms with van der Waals surface area (Å²) in [5.41, 5.74) is 8.29. The first-order valence-corrected chi connectivity index (χ1v) is 15.0. The number of benzene rings is 4. The summed E-state index contributed by atoms with van der Waals surface area (Å²) in [5, 5.41) is 26.2. The number of aromatic amines is 2. The van der Waals surface area contributed by atoms with Crippen LogP contribution >= 0.6 is 0 Å². The second-order valence-electron chi connectivity index (χ2n) is 11.7. The molecule has 4 aromatic carbocycles. The second kappa shape index (κ2) is 10.4. The molecule has 2 aliphatic rings. The first kappa shape index (κ1) is 26.8.